The van der Waals surface area contributed by atoms with Gasteiger partial charge in [-0.2, -0.15) is 0 Å². The highest BCUT2D eigenvalue weighted by Crippen LogP contribution is 2.24. The highest BCUT2D eigenvalue weighted by Gasteiger charge is 2.23. The first-order chi connectivity index (χ1) is 6.77. The number of rotatable bonds is 2. The first-order valence-electron chi connectivity index (χ1n) is 5.23. The Balaban J connectivity index is 1.95. The van der Waals surface area contributed by atoms with E-state index in [4.69, 9.17) is 4.42 Å². The van der Waals surface area contributed by atoms with Crippen molar-refractivity contribution < 1.29 is 9.52 Å². The Hall–Kier alpha value is -0.800. The topological polar surface area (TPSA) is 36.6 Å². The number of hydrogen-bond donors (Lipinski definition) is 1. The van der Waals surface area contributed by atoms with Crippen LogP contribution in [0.3, 0.4) is 0 Å². The van der Waals surface area contributed by atoms with Crippen LogP contribution in [0.4, 0.5) is 0 Å². The molecule has 0 unspecified atom stereocenters. The highest BCUT2D eigenvalue weighted by atomic mass is 16.3. The van der Waals surface area contributed by atoms with E-state index in [0.29, 0.717) is 6.04 Å². The second-order valence-corrected chi connectivity index (χ2v) is 3.96. The summed E-state index contributed by atoms with van der Waals surface area (Å²) in [5.74, 6) is 1.02. The van der Waals surface area contributed by atoms with E-state index >= 15 is 0 Å². The Morgan fingerprint density at radius 3 is 2.79 bits per heavy atom. The Bertz CT molecular complexity index is 263. The van der Waals surface area contributed by atoms with Crippen molar-refractivity contribution in [3.8, 4) is 0 Å². The van der Waals surface area contributed by atoms with E-state index in [0.717, 1.165) is 31.7 Å². The number of furan rings is 1. The molecule has 14 heavy (non-hydrogen) atoms. The van der Waals surface area contributed by atoms with Gasteiger partial charge in [-0.3, -0.25) is 4.90 Å². The number of aliphatic hydroxyl groups excluding tert-OH is 1. The third kappa shape index (κ3) is 1.99. The molecule has 1 N–H and O–H groups in total. The minimum Gasteiger partial charge on any atom is -0.468 e. The molecule has 1 aliphatic rings. The molecule has 2 heterocycles. The normalized spacial score (nSPS) is 22.4. The summed E-state index contributed by atoms with van der Waals surface area (Å²) >= 11 is 0. The summed E-state index contributed by atoms with van der Waals surface area (Å²) in [6.07, 6.45) is 3.37. The fourth-order valence-corrected chi connectivity index (χ4v) is 1.98. The molecule has 0 bridgehead atoms. The van der Waals surface area contributed by atoms with Crippen molar-refractivity contribution in [2.45, 2.75) is 31.9 Å². The SMILES string of the molecule is C[C@H](c1ccco1)N1CCC(O)CC1. The van der Waals surface area contributed by atoms with Crippen LogP contribution < -0.4 is 0 Å². The van der Waals surface area contributed by atoms with Crippen molar-refractivity contribution in [2.75, 3.05) is 13.1 Å². The Morgan fingerprint density at radius 1 is 1.50 bits per heavy atom. The molecular formula is C11H17NO2. The zero-order valence-electron chi connectivity index (χ0n) is 8.52. The predicted molar refractivity (Wildman–Crippen MR) is 53.9 cm³/mol. The lowest BCUT2D eigenvalue weighted by Crippen LogP contribution is -2.37. The van der Waals surface area contributed by atoms with Crippen LogP contribution >= 0.6 is 0 Å². The Morgan fingerprint density at radius 2 is 2.21 bits per heavy atom. The summed E-state index contributed by atoms with van der Waals surface area (Å²) in [5.41, 5.74) is 0. The first kappa shape index (κ1) is 9.74. The third-order valence-corrected chi connectivity index (χ3v) is 3.00. The lowest BCUT2D eigenvalue weighted by Gasteiger charge is -2.33. The van der Waals surface area contributed by atoms with Gasteiger partial charge in [0.1, 0.15) is 5.76 Å². The second kappa shape index (κ2) is 4.15. The van der Waals surface area contributed by atoms with Gasteiger partial charge in [0, 0.05) is 13.1 Å². The van der Waals surface area contributed by atoms with Gasteiger partial charge in [0.2, 0.25) is 0 Å². The third-order valence-electron chi connectivity index (χ3n) is 3.00. The molecule has 0 spiro atoms. The van der Waals surface area contributed by atoms with Crippen LogP contribution in [0.5, 0.6) is 0 Å². The number of likely N-dealkylation sites (tertiary alicyclic amines) is 1. The van der Waals surface area contributed by atoms with Crippen molar-refractivity contribution in [1.29, 1.82) is 0 Å². The molecule has 3 nitrogen and oxygen atoms in total. The van der Waals surface area contributed by atoms with E-state index in [1.54, 1.807) is 6.26 Å². The Labute approximate surface area is 84.3 Å². The van der Waals surface area contributed by atoms with E-state index in [-0.39, 0.29) is 6.10 Å². The van der Waals surface area contributed by atoms with Gasteiger partial charge >= 0.3 is 0 Å². The molecule has 1 saturated heterocycles. The summed E-state index contributed by atoms with van der Waals surface area (Å²) in [5, 5.41) is 9.39. The molecule has 1 aromatic heterocycles. The van der Waals surface area contributed by atoms with E-state index in [1.165, 1.54) is 0 Å². The van der Waals surface area contributed by atoms with E-state index in [1.807, 2.05) is 12.1 Å². The lowest BCUT2D eigenvalue weighted by molar-refractivity contribution is 0.0594. The van der Waals surface area contributed by atoms with Gasteiger partial charge in [0.25, 0.3) is 0 Å². The van der Waals surface area contributed by atoms with Crippen LogP contribution in [0.15, 0.2) is 22.8 Å². The van der Waals surface area contributed by atoms with Gasteiger partial charge in [-0.05, 0) is 31.9 Å². The van der Waals surface area contributed by atoms with Gasteiger partial charge in [-0.15, -0.1) is 0 Å². The maximum atomic E-state index is 9.39. The standard InChI is InChI=1S/C11H17NO2/c1-9(11-3-2-8-14-11)12-6-4-10(13)5-7-12/h2-3,8-10,13H,4-7H2,1H3/t9-/m1/s1. The number of hydrogen-bond acceptors (Lipinski definition) is 3. The second-order valence-electron chi connectivity index (χ2n) is 3.96. The van der Waals surface area contributed by atoms with Crippen LogP contribution in [-0.4, -0.2) is 29.2 Å². The van der Waals surface area contributed by atoms with E-state index in [9.17, 15) is 5.11 Å². The maximum Gasteiger partial charge on any atom is 0.120 e. The van der Waals surface area contributed by atoms with Crippen LogP contribution in [-0.2, 0) is 0 Å². The van der Waals surface area contributed by atoms with Gasteiger partial charge in [0.05, 0.1) is 18.4 Å². The van der Waals surface area contributed by atoms with Crippen LogP contribution in [0.2, 0.25) is 0 Å². The average Bonchev–Trinajstić information content (AvgIpc) is 2.71. The molecule has 0 amide bonds. The number of piperidine rings is 1. The van der Waals surface area contributed by atoms with Gasteiger partial charge in [0.15, 0.2) is 0 Å². The molecule has 2 rings (SSSR count). The van der Waals surface area contributed by atoms with Crippen molar-refractivity contribution in [3.63, 3.8) is 0 Å². The predicted octanol–water partition coefficient (Wildman–Crippen LogP) is 1.80. The zero-order valence-corrected chi connectivity index (χ0v) is 8.52. The summed E-state index contributed by atoms with van der Waals surface area (Å²) < 4.78 is 5.37. The molecule has 0 aliphatic carbocycles. The summed E-state index contributed by atoms with van der Waals surface area (Å²) in [4.78, 5) is 2.35. The summed E-state index contributed by atoms with van der Waals surface area (Å²) in [7, 11) is 0. The quantitative estimate of drug-likeness (QED) is 0.781. The average molecular weight is 195 g/mol. The zero-order chi connectivity index (χ0) is 9.97. The van der Waals surface area contributed by atoms with E-state index < -0.39 is 0 Å². The molecule has 1 atom stereocenters. The fraction of sp³-hybridized carbons (Fsp3) is 0.636. The largest absolute Gasteiger partial charge is 0.468 e. The van der Waals surface area contributed by atoms with Crippen molar-refractivity contribution in [2.24, 2.45) is 0 Å². The first-order valence-corrected chi connectivity index (χ1v) is 5.23. The van der Waals surface area contributed by atoms with Gasteiger partial charge in [-0.1, -0.05) is 0 Å². The molecule has 0 radical (unpaired) electrons. The minimum atomic E-state index is -0.102. The van der Waals surface area contributed by atoms with Crippen LogP contribution in [0.1, 0.15) is 31.6 Å². The lowest BCUT2D eigenvalue weighted by atomic mass is 10.1. The molecular weight excluding hydrogens is 178 g/mol. The molecule has 3 heteroatoms. The minimum absolute atomic E-state index is 0.102. The van der Waals surface area contributed by atoms with Gasteiger partial charge in [-0.25, -0.2) is 0 Å². The summed E-state index contributed by atoms with van der Waals surface area (Å²) in [6.45, 7) is 4.07. The van der Waals surface area contributed by atoms with Crippen LogP contribution in [0, 0.1) is 0 Å². The van der Waals surface area contributed by atoms with E-state index in [2.05, 4.69) is 11.8 Å². The fourth-order valence-electron chi connectivity index (χ4n) is 1.98. The molecule has 1 aromatic rings. The molecule has 1 fully saturated rings. The van der Waals surface area contributed by atoms with Crippen molar-refractivity contribution in [3.05, 3.63) is 24.2 Å². The molecule has 0 aromatic carbocycles. The van der Waals surface area contributed by atoms with Gasteiger partial charge < -0.3 is 9.52 Å². The molecule has 1 aliphatic heterocycles. The molecule has 0 saturated carbocycles. The monoisotopic (exact) mass is 195 g/mol. The van der Waals surface area contributed by atoms with Crippen molar-refractivity contribution in [1.82, 2.24) is 4.90 Å². The Kier molecular flexibility index (Phi) is 2.89. The molecule has 78 valence electrons. The smallest absolute Gasteiger partial charge is 0.120 e. The maximum absolute atomic E-state index is 9.39. The number of nitrogens with zero attached hydrogens (tertiary/aromatic N) is 1. The highest BCUT2D eigenvalue weighted by molar-refractivity contribution is 5.03. The van der Waals surface area contributed by atoms with Crippen molar-refractivity contribution >= 4 is 0 Å². The van der Waals surface area contributed by atoms with Crippen LogP contribution in [0.25, 0.3) is 0 Å². The summed E-state index contributed by atoms with van der Waals surface area (Å²) in [6, 6.07) is 4.26. The number of aliphatic hydroxyl groups is 1.